The average Bonchev–Trinajstić information content (AvgIpc) is 3.13. The average molecular weight is 475 g/mol. The lowest BCUT2D eigenvalue weighted by Gasteiger charge is -2.25. The summed E-state index contributed by atoms with van der Waals surface area (Å²) in [7, 11) is -2.04. The number of nitrogens with one attached hydrogen (secondary N) is 3. The van der Waals surface area contributed by atoms with Gasteiger partial charge in [0.05, 0.1) is 17.9 Å². The molecule has 3 aromatic rings. The monoisotopic (exact) mass is 474 g/mol. The van der Waals surface area contributed by atoms with Gasteiger partial charge in [0.1, 0.15) is 27.4 Å². The van der Waals surface area contributed by atoms with Crippen LogP contribution in [-0.4, -0.2) is 59.8 Å². The first-order chi connectivity index (χ1) is 15.9. The Bertz CT molecular complexity index is 1310. The standard InChI is InChI=1S/C22H30N6O4S/c1-4-7-15-18-19(28(3)27-15)22(29)26-21(25-18)14-8-6-9-16(20(14)32-12-5-2)33(30,31)17-13-23-10-11-24-17/h6,8-9,17,23-24H,4-5,7,10-13H2,1-3H3,(H,25,26,29). The van der Waals surface area contributed by atoms with Gasteiger partial charge in [0.25, 0.3) is 5.56 Å². The minimum atomic E-state index is -3.75. The fourth-order valence-electron chi connectivity index (χ4n) is 4.06. The maximum absolute atomic E-state index is 13.5. The van der Waals surface area contributed by atoms with E-state index in [4.69, 9.17) is 9.72 Å². The molecule has 10 nitrogen and oxygen atoms in total. The molecule has 3 N–H and O–H groups in total. The molecule has 1 aliphatic rings. The van der Waals surface area contributed by atoms with Crippen LogP contribution in [0.2, 0.25) is 0 Å². The lowest BCUT2D eigenvalue weighted by atomic mass is 10.1. The van der Waals surface area contributed by atoms with Gasteiger partial charge in [0.15, 0.2) is 15.4 Å². The van der Waals surface area contributed by atoms with Crippen molar-refractivity contribution in [3.63, 3.8) is 0 Å². The molecule has 0 amide bonds. The largest absolute Gasteiger partial charge is 0.491 e. The van der Waals surface area contributed by atoms with Crippen molar-refractivity contribution < 1.29 is 13.2 Å². The molecule has 4 rings (SSSR count). The summed E-state index contributed by atoms with van der Waals surface area (Å²) in [5, 5.41) is 9.87. The molecule has 1 unspecified atom stereocenters. The number of aromatic amines is 1. The second-order valence-electron chi connectivity index (χ2n) is 8.11. The molecule has 0 saturated carbocycles. The van der Waals surface area contributed by atoms with Gasteiger partial charge in [-0.25, -0.2) is 13.4 Å². The van der Waals surface area contributed by atoms with Gasteiger partial charge in [-0.3, -0.25) is 14.8 Å². The summed E-state index contributed by atoms with van der Waals surface area (Å²) in [4.78, 5) is 20.5. The summed E-state index contributed by atoms with van der Waals surface area (Å²) in [6, 6.07) is 4.91. The molecule has 0 aliphatic carbocycles. The Morgan fingerprint density at radius 1 is 1.21 bits per heavy atom. The zero-order valence-corrected chi connectivity index (χ0v) is 20.0. The highest BCUT2D eigenvalue weighted by Crippen LogP contribution is 2.36. The fraction of sp³-hybridized carbons (Fsp3) is 0.500. The maximum atomic E-state index is 13.5. The van der Waals surface area contributed by atoms with E-state index in [-0.39, 0.29) is 22.0 Å². The normalized spacial score (nSPS) is 16.9. The molecule has 1 aliphatic heterocycles. The Morgan fingerprint density at radius 2 is 2.03 bits per heavy atom. The number of aromatic nitrogens is 4. The topological polar surface area (TPSA) is 131 Å². The van der Waals surface area contributed by atoms with Crippen LogP contribution in [0.4, 0.5) is 0 Å². The molecular weight excluding hydrogens is 444 g/mol. The fourth-order valence-corrected chi connectivity index (χ4v) is 5.74. The summed E-state index contributed by atoms with van der Waals surface area (Å²) in [6.07, 6.45) is 2.24. The number of H-pyrrole nitrogens is 1. The summed E-state index contributed by atoms with van der Waals surface area (Å²) in [6.45, 7) is 5.88. The quantitative estimate of drug-likeness (QED) is 0.446. The van der Waals surface area contributed by atoms with E-state index in [0.29, 0.717) is 55.7 Å². The van der Waals surface area contributed by atoms with Crippen molar-refractivity contribution in [1.82, 2.24) is 30.4 Å². The molecule has 178 valence electrons. The van der Waals surface area contributed by atoms with E-state index >= 15 is 0 Å². The van der Waals surface area contributed by atoms with Gasteiger partial charge in [-0.15, -0.1) is 0 Å². The van der Waals surface area contributed by atoms with E-state index in [2.05, 4.69) is 20.7 Å². The third-order valence-corrected chi connectivity index (χ3v) is 7.64. The van der Waals surface area contributed by atoms with Crippen molar-refractivity contribution in [1.29, 1.82) is 0 Å². The molecule has 0 bridgehead atoms. The van der Waals surface area contributed by atoms with Crippen LogP contribution in [0.5, 0.6) is 5.75 Å². The SMILES string of the molecule is CCCOc1c(-c2nc3c(CCC)nn(C)c3c(=O)[nH]2)cccc1S(=O)(=O)C1CNCCN1. The zero-order chi connectivity index (χ0) is 23.6. The molecule has 1 saturated heterocycles. The van der Waals surface area contributed by atoms with E-state index in [1.165, 1.54) is 4.68 Å². The van der Waals surface area contributed by atoms with E-state index in [1.807, 2.05) is 13.8 Å². The minimum Gasteiger partial charge on any atom is -0.491 e. The van der Waals surface area contributed by atoms with Crippen LogP contribution in [0.3, 0.4) is 0 Å². The van der Waals surface area contributed by atoms with Gasteiger partial charge >= 0.3 is 0 Å². The van der Waals surface area contributed by atoms with Crippen LogP contribution in [-0.2, 0) is 23.3 Å². The molecular formula is C22H30N6O4S. The molecule has 1 fully saturated rings. The number of ether oxygens (including phenoxy) is 1. The van der Waals surface area contributed by atoms with E-state index in [1.54, 1.807) is 25.2 Å². The molecule has 1 aromatic carbocycles. The van der Waals surface area contributed by atoms with Gasteiger partial charge in [-0.05, 0) is 25.0 Å². The van der Waals surface area contributed by atoms with Crippen LogP contribution in [0, 0.1) is 0 Å². The number of sulfone groups is 1. The van der Waals surface area contributed by atoms with Gasteiger partial charge in [0, 0.05) is 26.7 Å². The van der Waals surface area contributed by atoms with Gasteiger partial charge < -0.3 is 15.0 Å². The number of piperazine rings is 1. The Morgan fingerprint density at radius 3 is 2.73 bits per heavy atom. The summed E-state index contributed by atoms with van der Waals surface area (Å²) in [5.41, 5.74) is 1.74. The Kier molecular flexibility index (Phi) is 6.82. The molecule has 3 heterocycles. The number of fused-ring (bicyclic) bond motifs is 1. The second-order valence-corrected chi connectivity index (χ2v) is 10.2. The van der Waals surface area contributed by atoms with Crippen LogP contribution >= 0.6 is 0 Å². The maximum Gasteiger partial charge on any atom is 0.277 e. The molecule has 11 heteroatoms. The highest BCUT2D eigenvalue weighted by atomic mass is 32.2. The summed E-state index contributed by atoms with van der Waals surface area (Å²) >= 11 is 0. The van der Waals surface area contributed by atoms with Crippen molar-refractivity contribution in [3.05, 3.63) is 34.2 Å². The number of hydrogen-bond acceptors (Lipinski definition) is 8. The van der Waals surface area contributed by atoms with Crippen molar-refractivity contribution in [2.45, 2.75) is 43.4 Å². The van der Waals surface area contributed by atoms with E-state index in [0.717, 1.165) is 12.1 Å². The van der Waals surface area contributed by atoms with Crippen LogP contribution < -0.4 is 20.9 Å². The van der Waals surface area contributed by atoms with Crippen molar-refractivity contribution in [3.8, 4) is 17.1 Å². The lowest BCUT2D eigenvalue weighted by Crippen LogP contribution is -2.52. The third-order valence-electron chi connectivity index (χ3n) is 5.62. The number of benzene rings is 1. The van der Waals surface area contributed by atoms with Crippen LogP contribution in [0.15, 0.2) is 27.9 Å². The van der Waals surface area contributed by atoms with Crippen molar-refractivity contribution >= 4 is 20.9 Å². The van der Waals surface area contributed by atoms with Crippen LogP contribution in [0.1, 0.15) is 32.4 Å². The first kappa shape index (κ1) is 23.4. The minimum absolute atomic E-state index is 0.0809. The molecule has 1 atom stereocenters. The number of para-hydroxylation sites is 1. The van der Waals surface area contributed by atoms with Crippen molar-refractivity contribution in [2.75, 3.05) is 26.2 Å². The third kappa shape index (κ3) is 4.40. The highest BCUT2D eigenvalue weighted by Gasteiger charge is 2.33. The number of hydrogen-bond donors (Lipinski definition) is 3. The zero-order valence-electron chi connectivity index (χ0n) is 19.1. The van der Waals surface area contributed by atoms with Gasteiger partial charge in [-0.2, -0.15) is 5.10 Å². The smallest absolute Gasteiger partial charge is 0.277 e. The molecule has 2 aromatic heterocycles. The number of aryl methyl sites for hydroxylation is 2. The first-order valence-corrected chi connectivity index (χ1v) is 12.8. The Hall–Kier alpha value is -2.76. The Balaban J connectivity index is 1.91. The van der Waals surface area contributed by atoms with Gasteiger partial charge in [0.2, 0.25) is 0 Å². The molecule has 0 spiro atoms. The first-order valence-electron chi connectivity index (χ1n) is 11.3. The number of rotatable bonds is 8. The van der Waals surface area contributed by atoms with Gasteiger partial charge in [-0.1, -0.05) is 26.3 Å². The Labute approximate surface area is 192 Å². The highest BCUT2D eigenvalue weighted by molar-refractivity contribution is 7.92. The molecule has 33 heavy (non-hydrogen) atoms. The van der Waals surface area contributed by atoms with E-state index in [9.17, 15) is 13.2 Å². The van der Waals surface area contributed by atoms with Crippen molar-refractivity contribution in [2.24, 2.45) is 7.05 Å². The summed E-state index contributed by atoms with van der Waals surface area (Å²) in [5.74, 6) is 0.464. The summed E-state index contributed by atoms with van der Waals surface area (Å²) < 4.78 is 34.5. The number of nitrogens with zero attached hydrogens (tertiary/aromatic N) is 3. The van der Waals surface area contributed by atoms with Crippen LogP contribution in [0.25, 0.3) is 22.4 Å². The lowest BCUT2D eigenvalue weighted by molar-refractivity contribution is 0.310. The molecule has 0 radical (unpaired) electrons. The van der Waals surface area contributed by atoms with E-state index < -0.39 is 15.2 Å². The second kappa shape index (κ2) is 9.62. The predicted molar refractivity (Wildman–Crippen MR) is 126 cm³/mol. The predicted octanol–water partition coefficient (Wildman–Crippen LogP) is 1.36.